The molecule has 0 radical (unpaired) electrons. The van der Waals surface area contributed by atoms with E-state index in [-0.39, 0.29) is 5.63 Å². The molecule has 1 aromatic heterocycles. The van der Waals surface area contributed by atoms with Crippen molar-refractivity contribution in [3.05, 3.63) is 16.1 Å². The standard InChI is InChI=1S/C6H8N2O2/c1-4-2-3-8-5(4)6(9)10-7-8/h4H,2-3H2,1H3/p+1. The molecule has 54 valence electrons. The first-order chi connectivity index (χ1) is 4.79. The van der Waals surface area contributed by atoms with E-state index in [0.29, 0.717) is 5.92 Å². The lowest BCUT2D eigenvalue weighted by atomic mass is 10.1. The third kappa shape index (κ3) is 0.558. The fourth-order valence-electron chi connectivity index (χ4n) is 1.40. The number of aromatic amines is 1. The molecule has 4 nitrogen and oxygen atoms in total. The third-order valence-electron chi connectivity index (χ3n) is 2.00. The normalized spacial score (nSPS) is 23.1. The maximum Gasteiger partial charge on any atom is 0.430 e. The summed E-state index contributed by atoms with van der Waals surface area (Å²) >= 11 is 0. The summed E-state index contributed by atoms with van der Waals surface area (Å²) < 4.78 is 6.36. The van der Waals surface area contributed by atoms with E-state index in [1.165, 1.54) is 0 Å². The van der Waals surface area contributed by atoms with Crippen molar-refractivity contribution in [3.8, 4) is 0 Å². The van der Waals surface area contributed by atoms with E-state index < -0.39 is 0 Å². The third-order valence-corrected chi connectivity index (χ3v) is 2.00. The van der Waals surface area contributed by atoms with E-state index in [0.717, 1.165) is 18.7 Å². The van der Waals surface area contributed by atoms with E-state index in [9.17, 15) is 4.79 Å². The Kier molecular flexibility index (Phi) is 0.977. The van der Waals surface area contributed by atoms with Crippen LogP contribution in [0.3, 0.4) is 0 Å². The van der Waals surface area contributed by atoms with Crippen molar-refractivity contribution < 1.29 is 9.20 Å². The monoisotopic (exact) mass is 141 g/mol. The van der Waals surface area contributed by atoms with E-state index in [2.05, 4.69) is 9.79 Å². The number of fused-ring (bicyclic) bond motifs is 1. The Labute approximate surface area is 57.4 Å². The van der Waals surface area contributed by atoms with Gasteiger partial charge in [-0.2, -0.15) is 0 Å². The van der Waals surface area contributed by atoms with Gasteiger partial charge in [-0.1, -0.05) is 11.6 Å². The van der Waals surface area contributed by atoms with Gasteiger partial charge in [0.25, 0.3) is 5.69 Å². The summed E-state index contributed by atoms with van der Waals surface area (Å²) in [5, 5.41) is 2.55. The highest BCUT2D eigenvalue weighted by atomic mass is 16.5. The Morgan fingerprint density at radius 1 is 1.80 bits per heavy atom. The van der Waals surface area contributed by atoms with Crippen molar-refractivity contribution >= 4 is 0 Å². The molecule has 1 aliphatic rings. The van der Waals surface area contributed by atoms with Crippen LogP contribution in [-0.4, -0.2) is 5.27 Å². The second-order valence-electron chi connectivity index (χ2n) is 2.71. The zero-order valence-corrected chi connectivity index (χ0v) is 5.76. The fraction of sp³-hybridized carbons (Fsp3) is 0.667. The Balaban J connectivity index is 2.65. The van der Waals surface area contributed by atoms with Gasteiger partial charge in [-0.25, -0.2) is 4.79 Å². The van der Waals surface area contributed by atoms with Crippen LogP contribution in [0.25, 0.3) is 0 Å². The van der Waals surface area contributed by atoms with Crippen LogP contribution in [0.2, 0.25) is 0 Å². The molecule has 1 N–H and O–H groups in total. The first kappa shape index (κ1) is 5.70. The molecule has 10 heavy (non-hydrogen) atoms. The van der Waals surface area contributed by atoms with Crippen LogP contribution < -0.4 is 10.3 Å². The van der Waals surface area contributed by atoms with Crippen molar-refractivity contribution in [1.82, 2.24) is 5.27 Å². The molecule has 2 heterocycles. The van der Waals surface area contributed by atoms with Crippen LogP contribution in [0.15, 0.2) is 9.32 Å². The molecule has 0 bridgehead atoms. The van der Waals surface area contributed by atoms with Crippen molar-refractivity contribution in [3.63, 3.8) is 0 Å². The maximum atomic E-state index is 10.9. The summed E-state index contributed by atoms with van der Waals surface area (Å²) in [5.41, 5.74) is 0.560. The Morgan fingerprint density at radius 3 is 3.30 bits per heavy atom. The maximum absolute atomic E-state index is 10.9. The number of hydrogen-bond donors (Lipinski definition) is 1. The van der Waals surface area contributed by atoms with Crippen LogP contribution in [0.4, 0.5) is 0 Å². The van der Waals surface area contributed by atoms with Gasteiger partial charge >= 0.3 is 5.63 Å². The number of aryl methyl sites for hydroxylation is 1. The minimum Gasteiger partial charge on any atom is -0.283 e. The predicted molar refractivity (Wildman–Crippen MR) is 32.6 cm³/mol. The number of hydrogen-bond acceptors (Lipinski definition) is 2. The largest absolute Gasteiger partial charge is 0.430 e. The fourth-order valence-corrected chi connectivity index (χ4v) is 1.40. The number of nitrogens with one attached hydrogen (secondary N) is 1. The number of nitrogens with zero attached hydrogens (tertiary/aromatic N) is 1. The smallest absolute Gasteiger partial charge is 0.283 e. The van der Waals surface area contributed by atoms with Crippen molar-refractivity contribution in [2.75, 3.05) is 0 Å². The Bertz CT molecular complexity index is 299. The highest BCUT2D eigenvalue weighted by Crippen LogP contribution is 2.16. The zero-order chi connectivity index (χ0) is 7.14. The van der Waals surface area contributed by atoms with E-state index in [1.54, 1.807) is 4.68 Å². The number of aromatic nitrogens is 2. The van der Waals surface area contributed by atoms with E-state index in [1.807, 2.05) is 6.92 Å². The molecule has 0 spiro atoms. The van der Waals surface area contributed by atoms with Crippen LogP contribution in [0.5, 0.6) is 0 Å². The van der Waals surface area contributed by atoms with E-state index in [4.69, 9.17) is 0 Å². The molecule has 0 saturated heterocycles. The first-order valence-corrected chi connectivity index (χ1v) is 3.40. The lowest BCUT2D eigenvalue weighted by molar-refractivity contribution is -0.757. The summed E-state index contributed by atoms with van der Waals surface area (Å²) in [7, 11) is 0. The molecule has 1 unspecified atom stereocenters. The molecule has 0 aromatic carbocycles. The number of rotatable bonds is 0. The van der Waals surface area contributed by atoms with Gasteiger partial charge in [-0.3, -0.25) is 4.52 Å². The molecule has 0 fully saturated rings. The Morgan fingerprint density at radius 2 is 2.60 bits per heavy atom. The van der Waals surface area contributed by atoms with Crippen LogP contribution in [0.1, 0.15) is 25.0 Å². The average molecular weight is 141 g/mol. The van der Waals surface area contributed by atoms with Gasteiger partial charge in [0.1, 0.15) is 0 Å². The van der Waals surface area contributed by atoms with Gasteiger partial charge in [-0.05, 0) is 5.27 Å². The topological polar surface area (TPSA) is 49.9 Å². The zero-order valence-electron chi connectivity index (χ0n) is 5.76. The van der Waals surface area contributed by atoms with Crippen LogP contribution in [0, 0.1) is 0 Å². The molecule has 0 aliphatic carbocycles. The minimum atomic E-state index is -0.218. The van der Waals surface area contributed by atoms with Gasteiger partial charge in [0.15, 0.2) is 6.54 Å². The van der Waals surface area contributed by atoms with Gasteiger partial charge < -0.3 is 0 Å². The van der Waals surface area contributed by atoms with Gasteiger partial charge in [0.05, 0.1) is 5.92 Å². The molecule has 0 amide bonds. The molecular weight excluding hydrogens is 132 g/mol. The molecule has 1 aliphatic heterocycles. The molecule has 4 heteroatoms. The van der Waals surface area contributed by atoms with Gasteiger partial charge in [0.2, 0.25) is 0 Å². The van der Waals surface area contributed by atoms with E-state index >= 15 is 0 Å². The SMILES string of the molecule is CC1CC[n+]2[nH]oc(=O)c21. The summed E-state index contributed by atoms with van der Waals surface area (Å²) in [6.45, 7) is 2.91. The second-order valence-corrected chi connectivity index (χ2v) is 2.71. The quantitative estimate of drug-likeness (QED) is 0.507. The Hall–Kier alpha value is -1.06. The minimum absolute atomic E-state index is 0.218. The van der Waals surface area contributed by atoms with Gasteiger partial charge in [-0.15, -0.1) is 0 Å². The summed E-state index contributed by atoms with van der Waals surface area (Å²) in [6, 6.07) is 0. The summed E-state index contributed by atoms with van der Waals surface area (Å²) in [5.74, 6) is 0.350. The summed E-state index contributed by atoms with van der Waals surface area (Å²) in [4.78, 5) is 10.9. The molecule has 1 aromatic rings. The first-order valence-electron chi connectivity index (χ1n) is 3.40. The average Bonchev–Trinajstić information content (AvgIpc) is 2.40. The molecule has 1 atom stereocenters. The lowest BCUT2D eigenvalue weighted by Gasteiger charge is -1.84. The second kappa shape index (κ2) is 1.71. The number of H-pyrrole nitrogens is 1. The predicted octanol–water partition coefficient (Wildman–Crippen LogP) is -0.237. The molecule has 2 rings (SSSR count). The lowest BCUT2D eigenvalue weighted by Crippen LogP contribution is -2.35. The van der Waals surface area contributed by atoms with Gasteiger partial charge in [0, 0.05) is 6.42 Å². The van der Waals surface area contributed by atoms with Crippen LogP contribution in [-0.2, 0) is 6.54 Å². The van der Waals surface area contributed by atoms with Crippen molar-refractivity contribution in [2.24, 2.45) is 0 Å². The highest BCUT2D eigenvalue weighted by Gasteiger charge is 2.33. The van der Waals surface area contributed by atoms with Crippen molar-refractivity contribution in [1.29, 1.82) is 0 Å². The molecular formula is C6H9N2O2+. The van der Waals surface area contributed by atoms with Crippen molar-refractivity contribution in [2.45, 2.75) is 25.8 Å². The van der Waals surface area contributed by atoms with Crippen LogP contribution >= 0.6 is 0 Å². The summed E-state index contributed by atoms with van der Waals surface area (Å²) in [6.07, 6.45) is 1.04. The highest BCUT2D eigenvalue weighted by molar-refractivity contribution is 4.94. The molecule has 0 saturated carbocycles.